The third kappa shape index (κ3) is 5.80. The van der Waals surface area contributed by atoms with Gasteiger partial charge < -0.3 is 20.3 Å². The van der Waals surface area contributed by atoms with E-state index in [1.54, 1.807) is 25.3 Å². The SMILES string of the molecule is COc1ccc(NC(=O)c2ccc(-c3ccccc3)cc2)cc1NC(=O)C1(N2CCN(C)CC2)CC1.Cl. The summed E-state index contributed by atoms with van der Waals surface area (Å²) < 4.78 is 5.49. The third-order valence-corrected chi connectivity index (χ3v) is 7.21. The fourth-order valence-electron chi connectivity index (χ4n) is 4.81. The fraction of sp³-hybridized carbons (Fsp3) is 0.310. The zero-order valence-corrected chi connectivity index (χ0v) is 22.0. The van der Waals surface area contributed by atoms with E-state index >= 15 is 0 Å². The largest absolute Gasteiger partial charge is 0.495 e. The molecule has 37 heavy (non-hydrogen) atoms. The van der Waals surface area contributed by atoms with Crippen molar-refractivity contribution in [2.75, 3.05) is 51.0 Å². The number of carbonyl (C=O) groups is 2. The van der Waals surface area contributed by atoms with Gasteiger partial charge in [0.15, 0.2) is 0 Å². The molecule has 1 heterocycles. The molecule has 0 atom stereocenters. The zero-order valence-electron chi connectivity index (χ0n) is 21.2. The van der Waals surface area contributed by atoms with Crippen LogP contribution in [0.25, 0.3) is 11.1 Å². The minimum absolute atomic E-state index is 0. The van der Waals surface area contributed by atoms with Crippen LogP contribution in [0, 0.1) is 0 Å². The molecule has 5 rings (SSSR count). The highest BCUT2D eigenvalue weighted by Gasteiger charge is 2.54. The Labute approximate surface area is 224 Å². The first kappa shape index (κ1) is 26.7. The van der Waals surface area contributed by atoms with Crippen LogP contribution in [0.4, 0.5) is 11.4 Å². The lowest BCUT2D eigenvalue weighted by Crippen LogP contribution is -2.54. The van der Waals surface area contributed by atoms with Gasteiger partial charge in [-0.1, -0.05) is 42.5 Å². The minimum Gasteiger partial charge on any atom is -0.495 e. The van der Waals surface area contributed by atoms with E-state index in [1.165, 1.54) is 0 Å². The molecule has 2 N–H and O–H groups in total. The highest BCUT2D eigenvalue weighted by Crippen LogP contribution is 2.44. The van der Waals surface area contributed by atoms with Gasteiger partial charge in [-0.15, -0.1) is 12.4 Å². The molecular weight excluding hydrogens is 488 g/mol. The van der Waals surface area contributed by atoms with Crippen LogP contribution in [0.15, 0.2) is 72.8 Å². The van der Waals surface area contributed by atoms with Crippen molar-refractivity contribution in [2.24, 2.45) is 0 Å². The summed E-state index contributed by atoms with van der Waals surface area (Å²) in [6, 6.07) is 22.9. The van der Waals surface area contributed by atoms with Crippen molar-refractivity contribution in [1.82, 2.24) is 9.80 Å². The standard InChI is InChI=1S/C29H32N4O3.ClH/c1-32-16-18-33(19-17-32)29(14-15-29)28(35)31-25-20-24(12-13-26(25)36-2)30-27(34)23-10-8-22(9-11-23)21-6-4-3-5-7-21;/h3-13,20H,14-19H2,1-2H3,(H,30,34)(H,31,35);1H. The van der Waals surface area contributed by atoms with Crippen LogP contribution in [0.2, 0.25) is 0 Å². The first-order valence-corrected chi connectivity index (χ1v) is 12.4. The van der Waals surface area contributed by atoms with Crippen molar-refractivity contribution in [3.63, 3.8) is 0 Å². The van der Waals surface area contributed by atoms with Gasteiger partial charge in [0.2, 0.25) is 5.91 Å². The van der Waals surface area contributed by atoms with Crippen molar-refractivity contribution in [3.05, 3.63) is 78.4 Å². The van der Waals surface area contributed by atoms with Crippen molar-refractivity contribution in [2.45, 2.75) is 18.4 Å². The van der Waals surface area contributed by atoms with Gasteiger partial charge in [0.05, 0.1) is 12.8 Å². The maximum atomic E-state index is 13.3. The van der Waals surface area contributed by atoms with E-state index in [9.17, 15) is 9.59 Å². The average Bonchev–Trinajstić information content (AvgIpc) is 3.72. The van der Waals surface area contributed by atoms with Crippen LogP contribution in [0.3, 0.4) is 0 Å². The number of rotatable bonds is 7. The highest BCUT2D eigenvalue weighted by molar-refractivity contribution is 6.06. The molecule has 3 aromatic carbocycles. The van der Waals surface area contributed by atoms with Gasteiger partial charge in [0, 0.05) is 37.4 Å². The molecule has 2 amide bonds. The van der Waals surface area contributed by atoms with Gasteiger partial charge in [-0.05, 0) is 61.3 Å². The summed E-state index contributed by atoms with van der Waals surface area (Å²) in [5.41, 5.74) is 3.42. The van der Waals surface area contributed by atoms with E-state index < -0.39 is 5.54 Å². The number of amides is 2. The second kappa shape index (κ2) is 11.3. The van der Waals surface area contributed by atoms with Crippen LogP contribution >= 0.6 is 12.4 Å². The third-order valence-electron chi connectivity index (χ3n) is 7.21. The second-order valence-electron chi connectivity index (χ2n) is 9.59. The number of piperazine rings is 1. The second-order valence-corrected chi connectivity index (χ2v) is 9.59. The molecule has 1 saturated carbocycles. The molecule has 0 spiro atoms. The van der Waals surface area contributed by atoms with Crippen LogP contribution < -0.4 is 15.4 Å². The van der Waals surface area contributed by atoms with Gasteiger partial charge in [0.25, 0.3) is 5.91 Å². The van der Waals surface area contributed by atoms with Gasteiger partial charge in [-0.25, -0.2) is 0 Å². The first-order valence-electron chi connectivity index (χ1n) is 12.4. The van der Waals surface area contributed by atoms with Crippen molar-refractivity contribution < 1.29 is 14.3 Å². The van der Waals surface area contributed by atoms with Gasteiger partial charge in [-0.3, -0.25) is 14.5 Å². The minimum atomic E-state index is -0.438. The van der Waals surface area contributed by atoms with Crippen LogP contribution in [0.5, 0.6) is 5.75 Å². The molecule has 0 bridgehead atoms. The number of ether oxygens (including phenoxy) is 1. The summed E-state index contributed by atoms with van der Waals surface area (Å²) in [6.07, 6.45) is 1.72. The number of hydrogen-bond donors (Lipinski definition) is 2. The molecular formula is C29H33ClN4O3. The Bertz CT molecular complexity index is 1240. The monoisotopic (exact) mass is 520 g/mol. The maximum Gasteiger partial charge on any atom is 0.255 e. The number of likely N-dealkylation sites (N-methyl/N-ethyl adjacent to an activating group) is 1. The summed E-state index contributed by atoms with van der Waals surface area (Å²) >= 11 is 0. The quantitative estimate of drug-likeness (QED) is 0.470. The average molecular weight is 521 g/mol. The van der Waals surface area contributed by atoms with Crippen molar-refractivity contribution in [3.8, 4) is 16.9 Å². The molecule has 1 saturated heterocycles. The normalized spacial score (nSPS) is 16.8. The van der Waals surface area contributed by atoms with E-state index in [4.69, 9.17) is 4.74 Å². The summed E-state index contributed by atoms with van der Waals surface area (Å²) in [7, 11) is 3.68. The first-order chi connectivity index (χ1) is 17.5. The summed E-state index contributed by atoms with van der Waals surface area (Å²) in [4.78, 5) is 30.8. The van der Waals surface area contributed by atoms with E-state index in [0.717, 1.165) is 50.1 Å². The topological polar surface area (TPSA) is 73.9 Å². The van der Waals surface area contributed by atoms with E-state index in [1.807, 2.05) is 54.6 Å². The van der Waals surface area contributed by atoms with E-state index in [2.05, 4.69) is 27.5 Å². The number of carbonyl (C=O) groups excluding carboxylic acids is 2. The van der Waals surface area contributed by atoms with Crippen molar-refractivity contribution >= 4 is 35.6 Å². The lowest BCUT2D eigenvalue weighted by molar-refractivity contribution is -0.123. The van der Waals surface area contributed by atoms with Crippen LogP contribution in [0.1, 0.15) is 23.2 Å². The maximum absolute atomic E-state index is 13.3. The van der Waals surface area contributed by atoms with E-state index in [0.29, 0.717) is 22.7 Å². The van der Waals surface area contributed by atoms with E-state index in [-0.39, 0.29) is 24.2 Å². The summed E-state index contributed by atoms with van der Waals surface area (Å²) in [5.74, 6) is 0.334. The molecule has 2 fully saturated rings. The highest BCUT2D eigenvalue weighted by atomic mass is 35.5. The van der Waals surface area contributed by atoms with Crippen molar-refractivity contribution in [1.29, 1.82) is 0 Å². The van der Waals surface area contributed by atoms with Gasteiger partial charge >= 0.3 is 0 Å². The Kier molecular flexibility index (Phi) is 8.17. The Hall–Kier alpha value is -3.39. The molecule has 2 aliphatic rings. The lowest BCUT2D eigenvalue weighted by atomic mass is 10.0. The molecule has 3 aromatic rings. The van der Waals surface area contributed by atoms with Gasteiger partial charge in [-0.2, -0.15) is 0 Å². The van der Waals surface area contributed by atoms with Crippen LogP contribution in [-0.4, -0.2) is 67.5 Å². The smallest absolute Gasteiger partial charge is 0.255 e. The molecule has 0 radical (unpaired) electrons. The number of hydrogen-bond acceptors (Lipinski definition) is 5. The number of benzene rings is 3. The Morgan fingerprint density at radius 3 is 2.11 bits per heavy atom. The summed E-state index contributed by atoms with van der Waals surface area (Å²) in [5, 5.41) is 6.02. The number of halogens is 1. The number of methoxy groups -OCH3 is 1. The molecule has 0 aromatic heterocycles. The van der Waals surface area contributed by atoms with Gasteiger partial charge in [0.1, 0.15) is 11.3 Å². The molecule has 1 aliphatic heterocycles. The lowest BCUT2D eigenvalue weighted by Gasteiger charge is -2.37. The molecule has 7 nitrogen and oxygen atoms in total. The van der Waals surface area contributed by atoms with Crippen LogP contribution in [-0.2, 0) is 4.79 Å². The molecule has 8 heteroatoms. The Morgan fingerprint density at radius 2 is 1.49 bits per heavy atom. The fourth-order valence-corrected chi connectivity index (χ4v) is 4.81. The number of nitrogens with zero attached hydrogens (tertiary/aromatic N) is 2. The molecule has 194 valence electrons. The predicted octanol–water partition coefficient (Wildman–Crippen LogP) is 4.75. The molecule has 0 unspecified atom stereocenters. The Morgan fingerprint density at radius 1 is 0.838 bits per heavy atom. The number of nitrogens with one attached hydrogen (secondary N) is 2. The number of anilines is 2. The predicted molar refractivity (Wildman–Crippen MR) is 150 cm³/mol. The zero-order chi connectivity index (χ0) is 25.1. The summed E-state index contributed by atoms with van der Waals surface area (Å²) in [6.45, 7) is 3.71. The Balaban J connectivity index is 0.00000320. The molecule has 1 aliphatic carbocycles.